The molecule has 0 fully saturated rings. The minimum atomic E-state index is -0.922. The predicted octanol–water partition coefficient (Wildman–Crippen LogP) is 3.09. The number of hydrogen-bond acceptors (Lipinski definition) is 1. The molecule has 1 unspecified atom stereocenters. The Labute approximate surface area is 110 Å². The average molecular weight is 254 g/mol. The third-order valence-corrected chi connectivity index (χ3v) is 2.43. The molecule has 0 aliphatic heterocycles. The number of aliphatic hydroxyl groups is 1. The summed E-state index contributed by atoms with van der Waals surface area (Å²) in [5.74, 6) is 2.49. The molecule has 0 heterocycles. The fourth-order valence-electron chi connectivity index (χ4n) is 1.58. The van der Waals surface area contributed by atoms with Gasteiger partial charge in [-0.1, -0.05) is 24.1 Å². The van der Waals surface area contributed by atoms with Crippen molar-refractivity contribution in [1.29, 1.82) is 0 Å². The Balaban J connectivity index is -0.000000609. The number of halogens is 1. The minimum Gasteiger partial charge on any atom is -0.412 e. The van der Waals surface area contributed by atoms with Crippen LogP contribution < -0.4 is 0 Å². The maximum absolute atomic E-state index is 13.0. The zero-order valence-corrected chi connectivity index (χ0v) is 11.3. The van der Waals surface area contributed by atoms with E-state index in [1.165, 1.54) is 0 Å². The highest BCUT2D eigenvalue weighted by Gasteiger charge is 2.06. The number of allylic oxidation sites excluding steroid dienone is 2. The van der Waals surface area contributed by atoms with Crippen LogP contribution in [0, 0.1) is 19.3 Å². The molecule has 0 saturated heterocycles. The molecule has 1 rings (SSSR count). The Morgan fingerprint density at radius 2 is 2.06 bits per heavy atom. The fourth-order valence-corrected chi connectivity index (χ4v) is 1.58. The van der Waals surface area contributed by atoms with E-state index < -0.39 is 6.17 Å². The third kappa shape index (κ3) is 5.13. The van der Waals surface area contributed by atoms with Gasteiger partial charge >= 0.3 is 0 Å². The van der Waals surface area contributed by atoms with Crippen LogP contribution in [-0.2, 0) is 0 Å². The first-order valence-electron chi connectivity index (χ1n) is 5.39. The molecule has 0 aliphatic carbocycles. The molecule has 0 bridgehead atoms. The fraction of sp³-hybridized carbons (Fsp3) is 0.333. The molecular weight excluding hydrogens is 231 g/mol. The average Bonchev–Trinajstić information content (AvgIpc) is 2.31. The lowest BCUT2D eigenvalue weighted by molar-refractivity contribution is 0.374. The normalized spacial score (nSPS) is 11.5. The molecule has 1 aromatic carbocycles. The van der Waals surface area contributed by atoms with Gasteiger partial charge < -0.3 is 10.6 Å². The van der Waals surface area contributed by atoms with Crippen LogP contribution in [-0.4, -0.2) is 17.7 Å². The molecule has 1 atom stereocenters. The molecular formula is C15H23FO2. The Hall–Kier alpha value is -1.63. The molecule has 0 saturated carbocycles. The first-order valence-corrected chi connectivity index (χ1v) is 5.39. The molecule has 3 N–H and O–H groups in total. The standard InChI is InChI=1S/C14H15F.CH4O.H2O.H2/c1-5-6-10(2)14-8-7-13(12(4)15)9-11(14)3;1-2;;/h1,6-9,12H,2-4H3;2H,1H3;1H2;1H/b10-6-;;;. The van der Waals surface area contributed by atoms with Crippen LogP contribution in [0.3, 0.4) is 0 Å². The summed E-state index contributed by atoms with van der Waals surface area (Å²) in [6, 6.07) is 5.60. The summed E-state index contributed by atoms with van der Waals surface area (Å²) in [6.45, 7) is 5.47. The predicted molar refractivity (Wildman–Crippen MR) is 77.1 cm³/mol. The lowest BCUT2D eigenvalue weighted by atomic mass is 9.98. The van der Waals surface area contributed by atoms with Crippen molar-refractivity contribution >= 4 is 5.57 Å². The first-order chi connectivity index (χ1) is 8.06. The number of aliphatic hydroxyl groups excluding tert-OH is 1. The van der Waals surface area contributed by atoms with E-state index in [1.807, 2.05) is 26.0 Å². The van der Waals surface area contributed by atoms with Gasteiger partial charge in [-0.3, -0.25) is 0 Å². The van der Waals surface area contributed by atoms with E-state index in [9.17, 15) is 4.39 Å². The topological polar surface area (TPSA) is 51.7 Å². The van der Waals surface area contributed by atoms with E-state index in [2.05, 4.69) is 5.92 Å². The van der Waals surface area contributed by atoms with E-state index in [1.54, 1.807) is 19.1 Å². The monoisotopic (exact) mass is 254 g/mol. The molecule has 1 aromatic rings. The van der Waals surface area contributed by atoms with Crippen molar-refractivity contribution < 1.29 is 16.4 Å². The zero-order chi connectivity index (χ0) is 13.4. The van der Waals surface area contributed by atoms with Crippen molar-refractivity contribution in [3.63, 3.8) is 0 Å². The van der Waals surface area contributed by atoms with Gasteiger partial charge in [-0.05, 0) is 49.1 Å². The molecule has 0 aromatic heterocycles. The van der Waals surface area contributed by atoms with Crippen molar-refractivity contribution in [1.82, 2.24) is 0 Å². The Kier molecular flexibility index (Phi) is 9.79. The summed E-state index contributed by atoms with van der Waals surface area (Å²) in [4.78, 5) is 0. The number of alkyl halides is 1. The van der Waals surface area contributed by atoms with Gasteiger partial charge in [0.2, 0.25) is 0 Å². The van der Waals surface area contributed by atoms with Crippen molar-refractivity contribution in [2.45, 2.75) is 26.9 Å². The summed E-state index contributed by atoms with van der Waals surface area (Å²) in [6.07, 6.45) is 6.01. The van der Waals surface area contributed by atoms with Crippen LogP contribution in [0.1, 0.15) is 38.1 Å². The number of terminal acetylenes is 1. The van der Waals surface area contributed by atoms with Crippen LogP contribution in [0.4, 0.5) is 4.39 Å². The van der Waals surface area contributed by atoms with Gasteiger partial charge in [0.25, 0.3) is 0 Å². The Bertz CT molecular complexity index is 434. The van der Waals surface area contributed by atoms with Crippen LogP contribution in [0.15, 0.2) is 24.3 Å². The van der Waals surface area contributed by atoms with Gasteiger partial charge in [0.1, 0.15) is 6.17 Å². The van der Waals surface area contributed by atoms with Gasteiger partial charge in [-0.25, -0.2) is 4.39 Å². The highest BCUT2D eigenvalue weighted by molar-refractivity contribution is 5.68. The third-order valence-electron chi connectivity index (χ3n) is 2.43. The van der Waals surface area contributed by atoms with E-state index in [-0.39, 0.29) is 6.90 Å². The van der Waals surface area contributed by atoms with E-state index in [0.29, 0.717) is 5.56 Å². The van der Waals surface area contributed by atoms with Gasteiger partial charge in [0, 0.05) is 8.54 Å². The van der Waals surface area contributed by atoms with E-state index >= 15 is 0 Å². The molecule has 0 spiro atoms. The molecule has 0 amide bonds. The van der Waals surface area contributed by atoms with Crippen LogP contribution in [0.5, 0.6) is 0 Å². The summed E-state index contributed by atoms with van der Waals surface area (Å²) < 4.78 is 13.0. The second kappa shape index (κ2) is 9.41. The lowest BCUT2D eigenvalue weighted by Crippen LogP contribution is -1.91. The number of rotatable bonds is 2. The Morgan fingerprint density at radius 3 is 2.44 bits per heavy atom. The highest BCUT2D eigenvalue weighted by atomic mass is 19.1. The highest BCUT2D eigenvalue weighted by Crippen LogP contribution is 2.23. The summed E-state index contributed by atoms with van der Waals surface area (Å²) in [5.41, 5.74) is 3.89. The molecule has 2 nitrogen and oxygen atoms in total. The molecule has 102 valence electrons. The summed E-state index contributed by atoms with van der Waals surface area (Å²) in [7, 11) is 1.00. The van der Waals surface area contributed by atoms with Crippen molar-refractivity contribution in [3.8, 4) is 12.3 Å². The van der Waals surface area contributed by atoms with Crippen molar-refractivity contribution in [3.05, 3.63) is 41.0 Å². The second-order valence-corrected chi connectivity index (χ2v) is 3.68. The SMILES string of the molecule is C#C/C=C(/C)c1ccc(C(C)F)cc1C.CO.O.[HH]. The minimum absolute atomic E-state index is 0. The lowest BCUT2D eigenvalue weighted by Gasteiger charge is -2.09. The van der Waals surface area contributed by atoms with Crippen molar-refractivity contribution in [2.75, 3.05) is 7.11 Å². The van der Waals surface area contributed by atoms with Gasteiger partial charge in [0.15, 0.2) is 0 Å². The van der Waals surface area contributed by atoms with Crippen LogP contribution >= 0.6 is 0 Å². The smallest absolute Gasteiger partial charge is 0.122 e. The maximum Gasteiger partial charge on any atom is 0.122 e. The molecule has 18 heavy (non-hydrogen) atoms. The largest absolute Gasteiger partial charge is 0.412 e. The maximum atomic E-state index is 13.0. The van der Waals surface area contributed by atoms with Crippen molar-refractivity contribution in [2.24, 2.45) is 0 Å². The second-order valence-electron chi connectivity index (χ2n) is 3.68. The molecule has 0 aliphatic rings. The summed E-state index contributed by atoms with van der Waals surface area (Å²) in [5, 5.41) is 7.00. The van der Waals surface area contributed by atoms with Gasteiger partial charge in [0.05, 0.1) is 0 Å². The summed E-state index contributed by atoms with van der Waals surface area (Å²) >= 11 is 0. The number of hydrogen-bond donors (Lipinski definition) is 1. The number of benzene rings is 1. The van der Waals surface area contributed by atoms with Gasteiger partial charge in [-0.2, -0.15) is 0 Å². The van der Waals surface area contributed by atoms with Crippen LogP contribution in [0.25, 0.3) is 5.57 Å². The molecule has 0 radical (unpaired) electrons. The number of aryl methyl sites for hydroxylation is 1. The first kappa shape index (κ1) is 18.7. The zero-order valence-electron chi connectivity index (χ0n) is 11.3. The quantitative estimate of drug-likeness (QED) is 0.810. The van der Waals surface area contributed by atoms with E-state index in [0.717, 1.165) is 23.8 Å². The van der Waals surface area contributed by atoms with Gasteiger partial charge in [-0.15, -0.1) is 6.42 Å². The Morgan fingerprint density at radius 1 is 1.50 bits per heavy atom. The molecule has 3 heteroatoms. The van der Waals surface area contributed by atoms with E-state index in [4.69, 9.17) is 11.5 Å². The van der Waals surface area contributed by atoms with Crippen LogP contribution in [0.2, 0.25) is 0 Å².